The first-order chi connectivity index (χ1) is 30.8. The second kappa shape index (κ2) is 37.9. The van der Waals surface area contributed by atoms with E-state index in [0.29, 0.717) is 19.3 Å². The summed E-state index contributed by atoms with van der Waals surface area (Å²) in [5.74, 6) is -1.23. The summed E-state index contributed by atoms with van der Waals surface area (Å²) in [5.41, 5.74) is 0. The van der Waals surface area contributed by atoms with Crippen molar-refractivity contribution in [2.75, 3.05) is 13.2 Å². The van der Waals surface area contributed by atoms with Gasteiger partial charge in [-0.05, 0) is 77.0 Å². The Bertz CT molecular complexity index is 1500. The topological polar surface area (TPSA) is 230 Å². The van der Waals surface area contributed by atoms with Gasteiger partial charge in [0.15, 0.2) is 6.10 Å². The van der Waals surface area contributed by atoms with Gasteiger partial charge in [0.1, 0.15) is 43.2 Å². The lowest BCUT2D eigenvalue weighted by atomic mass is 9.85. The van der Waals surface area contributed by atoms with Gasteiger partial charge in [0, 0.05) is 12.8 Å². The molecule has 3 unspecified atom stereocenters. The largest absolute Gasteiger partial charge is 0.472 e. The van der Waals surface area contributed by atoms with Gasteiger partial charge < -0.3 is 45.0 Å². The molecule has 0 bridgehead atoms. The van der Waals surface area contributed by atoms with E-state index in [-0.39, 0.29) is 12.8 Å². The van der Waals surface area contributed by atoms with Crippen LogP contribution in [0.5, 0.6) is 0 Å². The maximum atomic E-state index is 12.8. The zero-order valence-corrected chi connectivity index (χ0v) is 39.0. The van der Waals surface area contributed by atoms with E-state index in [1.807, 2.05) is 42.5 Å². The molecule has 0 radical (unpaired) electrons. The third-order valence-electron chi connectivity index (χ3n) is 10.0. The molecule has 0 saturated heterocycles. The molecule has 0 aromatic carbocycles. The molecule has 1 rings (SSSR count). The van der Waals surface area contributed by atoms with Crippen LogP contribution in [-0.4, -0.2) is 110 Å². The predicted octanol–water partition coefficient (Wildman–Crippen LogP) is 8.02. The van der Waals surface area contributed by atoms with Gasteiger partial charge in [-0.1, -0.05) is 143 Å². The van der Waals surface area contributed by atoms with Crippen molar-refractivity contribution in [1.29, 1.82) is 0 Å². The van der Waals surface area contributed by atoms with E-state index in [9.17, 15) is 49.7 Å². The van der Waals surface area contributed by atoms with Gasteiger partial charge in [0.25, 0.3) is 0 Å². The fraction of sp³-hybridized carbons (Fsp3) is 0.633. The molecule has 15 heteroatoms. The van der Waals surface area contributed by atoms with E-state index in [0.717, 1.165) is 89.9 Å². The summed E-state index contributed by atoms with van der Waals surface area (Å²) in [4.78, 5) is 35.7. The lowest BCUT2D eigenvalue weighted by molar-refractivity contribution is -0.220. The minimum absolute atomic E-state index is 0.0418. The molecule has 0 aromatic heterocycles. The van der Waals surface area contributed by atoms with Crippen LogP contribution in [0.1, 0.15) is 136 Å². The Morgan fingerprint density at radius 1 is 0.578 bits per heavy atom. The minimum Gasteiger partial charge on any atom is -0.462 e. The van der Waals surface area contributed by atoms with Crippen LogP contribution in [0.25, 0.3) is 0 Å². The molecular formula is C49H79O14P. The molecule has 7 N–H and O–H groups in total. The molecule has 1 fully saturated rings. The molecule has 1 saturated carbocycles. The highest BCUT2D eigenvalue weighted by molar-refractivity contribution is 7.47. The second-order valence-corrected chi connectivity index (χ2v) is 17.1. The standard InChI is InChI=1S/C49H79O14P/c1-3-5-7-8-9-10-11-12-13-14-15-16-19-23-26-29-33-37-43(52)62-41(39-61-64(58,59)63-49-47(56)45(54)44(53)46(55)48(49)57)38-60-42(51)36-32-28-25-22-20-17-18-21-24-27-31-35-40(50)34-30-6-4-2/h5,7,9-10,12-13,15-18,22,24-25,27,31,35,40-41,44-50,53-57H,3-4,6,8,11,14,19-21,23,26,28-30,32-34,36-39H2,1-2H3,(H,58,59)/b7-5-,10-9-,13-12-,16-15-,18-17-,25-22-,27-24-,35-31+/t40-,41-,44?,45-,46+,47-,48-,49?/m1/s1. The van der Waals surface area contributed by atoms with Crippen molar-refractivity contribution in [3.8, 4) is 0 Å². The van der Waals surface area contributed by atoms with E-state index >= 15 is 0 Å². The van der Waals surface area contributed by atoms with Crippen molar-refractivity contribution in [2.24, 2.45) is 0 Å². The average molecular weight is 923 g/mol. The number of aliphatic hydroxyl groups excluding tert-OH is 6. The molecule has 9 atom stereocenters. The van der Waals surface area contributed by atoms with Crippen molar-refractivity contribution >= 4 is 19.8 Å². The second-order valence-electron chi connectivity index (χ2n) is 15.7. The number of hydrogen-bond acceptors (Lipinski definition) is 13. The molecule has 14 nitrogen and oxygen atoms in total. The number of carbonyl (C=O) groups excluding carboxylic acids is 2. The smallest absolute Gasteiger partial charge is 0.462 e. The molecule has 64 heavy (non-hydrogen) atoms. The number of phosphoric ester groups is 1. The Morgan fingerprint density at radius 3 is 1.69 bits per heavy atom. The number of aliphatic hydroxyl groups is 6. The van der Waals surface area contributed by atoms with Crippen LogP contribution < -0.4 is 0 Å². The third-order valence-corrected chi connectivity index (χ3v) is 11.0. The Kier molecular flexibility index (Phi) is 34.8. The number of carbonyl (C=O) groups is 2. The zero-order chi connectivity index (χ0) is 47.3. The van der Waals surface area contributed by atoms with Crippen LogP contribution in [-0.2, 0) is 32.7 Å². The van der Waals surface area contributed by atoms with E-state index in [2.05, 4.69) is 62.5 Å². The van der Waals surface area contributed by atoms with Crippen LogP contribution in [0.15, 0.2) is 97.2 Å². The molecule has 0 amide bonds. The SMILES string of the molecule is CC/C=C\C/C=C\C/C=C\C/C=C\CCCCCCC(=O)O[C@H](COC(=O)CCC/C=C\C/C=C\C/C=C\C=C\[C@H](O)CCCCC)COP(=O)(O)OC1[C@H](O)[C@H](O)C(O)[C@H](O)[C@H]1O. The van der Waals surface area contributed by atoms with E-state index in [1.165, 1.54) is 0 Å². The highest BCUT2D eigenvalue weighted by Crippen LogP contribution is 2.47. The summed E-state index contributed by atoms with van der Waals surface area (Å²) in [7, 11) is -5.16. The van der Waals surface area contributed by atoms with Gasteiger partial charge in [0.2, 0.25) is 0 Å². The van der Waals surface area contributed by atoms with Crippen LogP contribution in [0, 0.1) is 0 Å². The number of esters is 2. The molecule has 1 aliphatic rings. The average Bonchev–Trinajstić information content (AvgIpc) is 3.27. The monoisotopic (exact) mass is 923 g/mol. The fourth-order valence-electron chi connectivity index (χ4n) is 6.26. The normalized spacial score (nSPS) is 23.0. The Balaban J connectivity index is 2.55. The quantitative estimate of drug-likeness (QED) is 0.0104. The van der Waals surface area contributed by atoms with Crippen molar-refractivity contribution in [3.05, 3.63) is 97.2 Å². The lowest BCUT2D eigenvalue weighted by Crippen LogP contribution is -2.64. The van der Waals surface area contributed by atoms with Crippen LogP contribution in [0.4, 0.5) is 0 Å². The fourth-order valence-corrected chi connectivity index (χ4v) is 7.23. The van der Waals surface area contributed by atoms with Crippen LogP contribution in [0.3, 0.4) is 0 Å². The van der Waals surface area contributed by atoms with E-state index in [4.69, 9.17) is 18.5 Å². The summed E-state index contributed by atoms with van der Waals surface area (Å²) < 4.78 is 33.4. The van der Waals surface area contributed by atoms with Crippen molar-refractivity contribution in [3.63, 3.8) is 0 Å². The predicted molar refractivity (Wildman–Crippen MR) is 250 cm³/mol. The number of phosphoric acid groups is 1. The van der Waals surface area contributed by atoms with Gasteiger partial charge >= 0.3 is 19.8 Å². The molecule has 0 aliphatic heterocycles. The van der Waals surface area contributed by atoms with Crippen LogP contribution >= 0.6 is 7.82 Å². The summed E-state index contributed by atoms with van der Waals surface area (Å²) in [5, 5.41) is 60.1. The maximum absolute atomic E-state index is 12.8. The van der Waals surface area contributed by atoms with Crippen LogP contribution in [0.2, 0.25) is 0 Å². The third kappa shape index (κ3) is 30.0. The van der Waals surface area contributed by atoms with Crippen molar-refractivity contribution in [2.45, 2.75) is 185 Å². The van der Waals surface area contributed by atoms with Crippen molar-refractivity contribution in [1.82, 2.24) is 0 Å². The molecule has 0 heterocycles. The van der Waals surface area contributed by atoms with Gasteiger partial charge in [-0.2, -0.15) is 0 Å². The van der Waals surface area contributed by atoms with Gasteiger partial charge in [-0.15, -0.1) is 0 Å². The number of ether oxygens (including phenoxy) is 2. The number of unbranched alkanes of at least 4 members (excludes halogenated alkanes) is 7. The minimum atomic E-state index is -5.16. The highest BCUT2D eigenvalue weighted by atomic mass is 31.2. The maximum Gasteiger partial charge on any atom is 0.472 e. The first-order valence-corrected chi connectivity index (χ1v) is 24.6. The van der Waals surface area contributed by atoms with E-state index < -0.39 is 81.8 Å². The number of allylic oxidation sites excluding steroid dienone is 15. The summed E-state index contributed by atoms with van der Waals surface area (Å²) in [6, 6.07) is 0. The molecule has 0 aromatic rings. The molecule has 364 valence electrons. The lowest BCUT2D eigenvalue weighted by Gasteiger charge is -2.41. The zero-order valence-electron chi connectivity index (χ0n) is 38.1. The Morgan fingerprint density at radius 2 is 1.09 bits per heavy atom. The molecule has 1 aliphatic carbocycles. The summed E-state index contributed by atoms with van der Waals surface area (Å²) >= 11 is 0. The summed E-state index contributed by atoms with van der Waals surface area (Å²) in [6.07, 6.45) is 33.5. The highest BCUT2D eigenvalue weighted by Gasteiger charge is 2.51. The molecule has 0 spiro atoms. The van der Waals surface area contributed by atoms with Crippen molar-refractivity contribution < 1.29 is 68.2 Å². The van der Waals surface area contributed by atoms with Gasteiger partial charge in [0.05, 0.1) is 12.7 Å². The Labute approximate surface area is 382 Å². The number of hydrogen-bond donors (Lipinski definition) is 7. The Hall–Kier alpha value is -3.27. The first-order valence-electron chi connectivity index (χ1n) is 23.1. The molecular weight excluding hydrogens is 843 g/mol. The van der Waals surface area contributed by atoms with Gasteiger partial charge in [-0.3, -0.25) is 18.6 Å². The van der Waals surface area contributed by atoms with Gasteiger partial charge in [-0.25, -0.2) is 4.57 Å². The summed E-state index contributed by atoms with van der Waals surface area (Å²) in [6.45, 7) is 2.97. The van der Waals surface area contributed by atoms with E-state index in [1.54, 1.807) is 6.08 Å². The first kappa shape index (κ1) is 58.7. The number of rotatable bonds is 36.